The van der Waals surface area contributed by atoms with E-state index in [1.807, 2.05) is 48.5 Å². The summed E-state index contributed by atoms with van der Waals surface area (Å²) in [6.07, 6.45) is 25.7. The van der Waals surface area contributed by atoms with Crippen molar-refractivity contribution in [1.82, 2.24) is 19.6 Å². The molecule has 6 N–H and O–H groups in total. The van der Waals surface area contributed by atoms with Gasteiger partial charge in [0.2, 0.25) is 0 Å². The van der Waals surface area contributed by atoms with E-state index in [0.717, 1.165) is 218 Å². The molecule has 0 bridgehead atoms. The van der Waals surface area contributed by atoms with E-state index in [-0.39, 0.29) is 66.2 Å². The van der Waals surface area contributed by atoms with E-state index in [1.54, 1.807) is 24.3 Å². The van der Waals surface area contributed by atoms with Crippen LogP contribution in [0.1, 0.15) is 247 Å². The van der Waals surface area contributed by atoms with Crippen LogP contribution in [0, 0.1) is 0 Å². The third kappa shape index (κ3) is 22.8. The number of fused-ring (bicyclic) bond motifs is 6. The number of hydrogen-bond acceptors (Lipinski definition) is 8. The minimum Gasteiger partial charge on any atom is -0.478 e. The average Bonchev–Trinajstić information content (AvgIpc) is 1.58. The summed E-state index contributed by atoms with van der Waals surface area (Å²) in [5, 5.41) is 44.6. The zero-order chi connectivity index (χ0) is 66.1. The van der Waals surface area contributed by atoms with Crippen molar-refractivity contribution < 1.29 is 45.1 Å². The molecule has 6 aromatic rings. The van der Waals surface area contributed by atoms with Crippen molar-refractivity contribution in [1.29, 1.82) is 0 Å². The fourth-order valence-electron chi connectivity index (χ4n) is 14.5. The zero-order valence-corrected chi connectivity index (χ0v) is 63.0. The largest absolute Gasteiger partial charge is 0.478 e. The van der Waals surface area contributed by atoms with E-state index >= 15 is 0 Å². The Bertz CT molecular complexity index is 3180. The number of benzene rings is 6. The molecule has 8 rings (SSSR count). The van der Waals surface area contributed by atoms with Crippen molar-refractivity contribution in [3.05, 3.63) is 117 Å². The molecule has 97 heavy (non-hydrogen) atoms. The van der Waals surface area contributed by atoms with Gasteiger partial charge < -0.3 is 45.5 Å². The second-order valence-electron chi connectivity index (χ2n) is 26.2. The van der Waals surface area contributed by atoms with Crippen LogP contribution < -0.4 is 0 Å². The van der Waals surface area contributed by atoms with Gasteiger partial charge in [-0.2, -0.15) is 0 Å². The Labute approximate surface area is 605 Å². The molecule has 540 valence electrons. The molecular formula is C80H118Cl4N4O9. The lowest BCUT2D eigenvalue weighted by Gasteiger charge is -2.25. The van der Waals surface area contributed by atoms with Gasteiger partial charge in [-0.15, -0.1) is 49.6 Å². The van der Waals surface area contributed by atoms with Gasteiger partial charge in [0.25, 0.3) is 0 Å². The maximum Gasteiger partial charge on any atom is 0.336 e. The first kappa shape index (κ1) is 87.8. The first-order chi connectivity index (χ1) is 44.7. The molecule has 0 spiro atoms. The van der Waals surface area contributed by atoms with Gasteiger partial charge in [-0.25, -0.2) is 19.2 Å². The van der Waals surface area contributed by atoms with Crippen molar-refractivity contribution in [2.75, 3.05) is 78.5 Å². The van der Waals surface area contributed by atoms with Crippen LogP contribution >= 0.6 is 49.6 Å². The molecule has 17 heteroatoms. The number of carboxylic acids is 4. The van der Waals surface area contributed by atoms with Gasteiger partial charge in [0.05, 0.1) is 22.3 Å². The number of carbonyl (C=O) groups is 4. The lowest BCUT2D eigenvalue weighted by molar-refractivity contribution is 0.0686. The molecule has 0 saturated heterocycles. The third-order valence-corrected chi connectivity index (χ3v) is 19.4. The van der Waals surface area contributed by atoms with Gasteiger partial charge in [-0.05, 0) is 294 Å². The van der Waals surface area contributed by atoms with Crippen LogP contribution in [-0.4, -0.2) is 148 Å². The summed E-state index contributed by atoms with van der Waals surface area (Å²) in [4.78, 5) is 60.5. The normalized spacial score (nSPS) is 11.4. The van der Waals surface area contributed by atoms with Crippen molar-refractivity contribution >= 4 is 95.1 Å². The summed E-state index contributed by atoms with van der Waals surface area (Å²) in [6.45, 7) is 30.6. The summed E-state index contributed by atoms with van der Waals surface area (Å²) in [5.74, 6) is -3.65. The lowest BCUT2D eigenvalue weighted by atomic mass is 9.84. The van der Waals surface area contributed by atoms with Gasteiger partial charge in [0.15, 0.2) is 0 Å². The van der Waals surface area contributed by atoms with Gasteiger partial charge >= 0.3 is 23.9 Å². The van der Waals surface area contributed by atoms with Crippen molar-refractivity contribution in [3.63, 3.8) is 0 Å². The van der Waals surface area contributed by atoms with Gasteiger partial charge in [-0.3, -0.25) is 0 Å². The number of aromatic carboxylic acids is 4. The highest BCUT2D eigenvalue weighted by atomic mass is 35.5. The van der Waals surface area contributed by atoms with Crippen LogP contribution in [-0.2, 0) is 25.7 Å². The van der Waals surface area contributed by atoms with Gasteiger partial charge in [-0.1, -0.05) is 155 Å². The minimum absolute atomic E-state index is 0. The third-order valence-electron chi connectivity index (χ3n) is 19.4. The Morgan fingerprint density at radius 3 is 0.784 bits per heavy atom. The fraction of sp³-hybridized carbons (Fsp3) is 0.550. The molecule has 2 aliphatic rings. The van der Waals surface area contributed by atoms with Gasteiger partial charge in [0, 0.05) is 0 Å². The Kier molecular flexibility index (Phi) is 41.1. The smallest absolute Gasteiger partial charge is 0.336 e. The van der Waals surface area contributed by atoms with Crippen molar-refractivity contribution in [3.8, 4) is 44.5 Å². The molecule has 0 amide bonds. The molecule has 0 atom stereocenters. The number of rotatable bonds is 44. The quantitative estimate of drug-likeness (QED) is 0.0283. The number of carboxylic acid groups (broad SMARTS) is 4. The van der Waals surface area contributed by atoms with Crippen LogP contribution in [0.3, 0.4) is 0 Å². The second-order valence-corrected chi connectivity index (χ2v) is 26.2. The van der Waals surface area contributed by atoms with Crippen LogP contribution in [0.2, 0.25) is 0 Å². The zero-order valence-electron chi connectivity index (χ0n) is 59.7. The Balaban J connectivity index is 0.000000628. The molecule has 0 aliphatic heterocycles. The number of nitrogens with zero attached hydrogens (tertiary/aromatic N) is 4. The Morgan fingerprint density at radius 1 is 0.299 bits per heavy atom. The molecule has 0 unspecified atom stereocenters. The Morgan fingerprint density at radius 2 is 0.546 bits per heavy atom. The number of hydrogen-bond donors (Lipinski definition) is 4. The SMILES string of the molecule is CCCCN(CCCC)CCCc1c(CCCN(CCCC)CCCC)c2c3c(cccc3c1C(=O)O)-c1cc(C(=O)O)ccc1-2.CCCCN(CCCC)CCCc1c(CCCN(CCCC)CCCC)c2c3c(cccc3c1C(=O)O)-c1cc(C(=O)O)ccc1-2.Cl.Cl.Cl.Cl.O. The highest BCUT2D eigenvalue weighted by Gasteiger charge is 2.33. The molecule has 6 aromatic carbocycles. The molecule has 2 aliphatic carbocycles. The fourth-order valence-corrected chi connectivity index (χ4v) is 14.5. The monoisotopic (exact) mass is 1420 g/mol. The lowest BCUT2D eigenvalue weighted by Crippen LogP contribution is -2.28. The average molecular weight is 1420 g/mol. The number of unbranched alkanes of at least 4 members (excludes halogenated alkanes) is 8. The maximum absolute atomic E-state index is 13.1. The molecule has 0 fully saturated rings. The predicted molar refractivity (Wildman–Crippen MR) is 416 cm³/mol. The molecule has 0 aromatic heterocycles. The topological polar surface area (TPSA) is 194 Å². The molecule has 13 nitrogen and oxygen atoms in total. The Hall–Kier alpha value is -5.32. The van der Waals surface area contributed by atoms with E-state index in [9.17, 15) is 39.6 Å². The van der Waals surface area contributed by atoms with Crippen molar-refractivity contribution in [2.45, 2.75) is 209 Å². The summed E-state index contributed by atoms with van der Waals surface area (Å²) in [6, 6.07) is 22.6. The van der Waals surface area contributed by atoms with Crippen molar-refractivity contribution in [2.24, 2.45) is 0 Å². The maximum atomic E-state index is 13.1. The van der Waals surface area contributed by atoms with E-state index in [2.05, 4.69) is 75.0 Å². The van der Waals surface area contributed by atoms with Crippen LogP contribution in [0.5, 0.6) is 0 Å². The summed E-state index contributed by atoms with van der Waals surface area (Å²) < 4.78 is 0. The van der Waals surface area contributed by atoms with E-state index in [1.165, 1.54) is 103 Å². The standard InChI is InChI=1S/2C40H56N2O4.4ClH.H2O/c2*1-5-9-22-41(23-10-6-2)26-14-18-30-31(19-15-27-42(24-11-7-3)25-12-8-4)38(40(45)46)34-17-13-16-32-35-28-29(39(43)44)20-21-33(35)36(30)37(32)34;;;;;/h2*13,16-17,20-21,28H,5-12,14-15,18-19,22-27H2,1-4H3,(H,43,44)(H,45,46);4*1H;1H2. The molecule has 0 radical (unpaired) electrons. The van der Waals surface area contributed by atoms with Crippen LogP contribution in [0.4, 0.5) is 0 Å². The first-order valence-electron chi connectivity index (χ1n) is 36.0. The van der Waals surface area contributed by atoms with E-state index < -0.39 is 23.9 Å². The van der Waals surface area contributed by atoms with Crippen LogP contribution in [0.15, 0.2) is 72.8 Å². The van der Waals surface area contributed by atoms with E-state index in [4.69, 9.17) is 0 Å². The highest BCUT2D eigenvalue weighted by Crippen LogP contribution is 2.53. The van der Waals surface area contributed by atoms with E-state index in [0.29, 0.717) is 11.1 Å². The summed E-state index contributed by atoms with van der Waals surface area (Å²) in [5.41, 5.74) is 13.6. The minimum atomic E-state index is -0.951. The highest BCUT2D eigenvalue weighted by molar-refractivity contribution is 6.23. The molecule has 0 heterocycles. The molecule has 0 saturated carbocycles. The molecular weight excluding hydrogens is 1300 g/mol. The first-order valence-corrected chi connectivity index (χ1v) is 36.0. The summed E-state index contributed by atoms with van der Waals surface area (Å²) >= 11 is 0. The van der Waals surface area contributed by atoms with Gasteiger partial charge in [0.1, 0.15) is 0 Å². The second kappa shape index (κ2) is 45.4. The predicted octanol–water partition coefficient (Wildman–Crippen LogP) is 20.0. The number of halogens is 4. The summed E-state index contributed by atoms with van der Waals surface area (Å²) in [7, 11) is 0. The van der Waals surface area contributed by atoms with Crippen LogP contribution in [0.25, 0.3) is 66.1 Å².